The number of nitrogens with zero attached hydrogens (tertiary/aromatic N) is 4. The van der Waals surface area contributed by atoms with Gasteiger partial charge in [-0.1, -0.05) is 72.7 Å². The fourth-order valence-electron chi connectivity index (χ4n) is 5.18. The van der Waals surface area contributed by atoms with E-state index in [-0.39, 0.29) is 24.4 Å². The maximum Gasteiger partial charge on any atom is 0.247 e. The van der Waals surface area contributed by atoms with Crippen LogP contribution in [0.2, 0.25) is 0 Å². The Morgan fingerprint density at radius 3 is 2.58 bits per heavy atom. The summed E-state index contributed by atoms with van der Waals surface area (Å²) in [5.74, 6) is 0.264. The quantitative estimate of drug-likeness (QED) is 0.343. The maximum absolute atomic E-state index is 14.0. The molecule has 1 N–H and O–H groups in total. The average Bonchev–Trinajstić information content (AvgIpc) is 3.61. The van der Waals surface area contributed by atoms with Crippen LogP contribution < -0.4 is 10.1 Å². The van der Waals surface area contributed by atoms with Gasteiger partial charge in [-0.25, -0.2) is 4.68 Å². The van der Waals surface area contributed by atoms with Crippen molar-refractivity contribution in [2.45, 2.75) is 50.7 Å². The number of benzene rings is 3. The number of carbonyl (C=O) groups excluding carboxylic acids is 2. The molecule has 8 nitrogen and oxygen atoms in total. The van der Waals surface area contributed by atoms with Crippen LogP contribution in [0.25, 0.3) is 11.0 Å². The summed E-state index contributed by atoms with van der Waals surface area (Å²) in [4.78, 5) is 29.6. The van der Waals surface area contributed by atoms with Gasteiger partial charge in [-0.3, -0.25) is 9.59 Å². The molecule has 0 saturated heterocycles. The minimum absolute atomic E-state index is 0.0213. The second kappa shape index (κ2) is 11.9. The minimum Gasteiger partial charge on any atom is -0.497 e. The molecule has 0 radical (unpaired) electrons. The van der Waals surface area contributed by atoms with Crippen LogP contribution in [0.1, 0.15) is 42.9 Å². The van der Waals surface area contributed by atoms with Crippen molar-refractivity contribution in [2.24, 2.45) is 0 Å². The van der Waals surface area contributed by atoms with E-state index in [0.717, 1.165) is 42.3 Å². The van der Waals surface area contributed by atoms with Gasteiger partial charge in [0.2, 0.25) is 11.8 Å². The van der Waals surface area contributed by atoms with Crippen molar-refractivity contribution in [1.29, 1.82) is 0 Å². The molecule has 1 fully saturated rings. The minimum atomic E-state index is -0.809. The van der Waals surface area contributed by atoms with Crippen LogP contribution in [-0.4, -0.2) is 51.4 Å². The Bertz CT molecular complexity index is 1380. The molecule has 8 heteroatoms. The Morgan fingerprint density at radius 1 is 1.03 bits per heavy atom. The number of fused-ring (bicyclic) bond motifs is 1. The van der Waals surface area contributed by atoms with Gasteiger partial charge in [0.25, 0.3) is 0 Å². The first-order valence-electron chi connectivity index (χ1n) is 13.2. The number of nitrogens with one attached hydrogen (secondary N) is 1. The van der Waals surface area contributed by atoms with Crippen molar-refractivity contribution >= 4 is 22.8 Å². The van der Waals surface area contributed by atoms with Gasteiger partial charge in [-0.15, -0.1) is 5.10 Å². The van der Waals surface area contributed by atoms with E-state index in [4.69, 9.17) is 4.74 Å². The number of carbonyl (C=O) groups is 2. The molecule has 196 valence electrons. The fourth-order valence-corrected chi connectivity index (χ4v) is 5.18. The highest BCUT2D eigenvalue weighted by Crippen LogP contribution is 2.28. The van der Waals surface area contributed by atoms with Crippen LogP contribution in [0.3, 0.4) is 0 Å². The van der Waals surface area contributed by atoms with Gasteiger partial charge in [0.15, 0.2) is 0 Å². The molecule has 5 rings (SSSR count). The lowest BCUT2D eigenvalue weighted by Gasteiger charge is -2.32. The van der Waals surface area contributed by atoms with Crippen molar-refractivity contribution in [2.75, 3.05) is 13.7 Å². The lowest BCUT2D eigenvalue weighted by Crippen LogP contribution is -2.47. The second-order valence-electron chi connectivity index (χ2n) is 9.73. The van der Waals surface area contributed by atoms with Gasteiger partial charge in [-0.2, -0.15) is 0 Å². The number of rotatable bonds is 10. The van der Waals surface area contributed by atoms with Gasteiger partial charge in [0.05, 0.1) is 12.6 Å². The molecule has 38 heavy (non-hydrogen) atoms. The molecule has 0 spiro atoms. The van der Waals surface area contributed by atoms with Crippen molar-refractivity contribution in [3.63, 3.8) is 0 Å². The molecule has 4 aromatic rings. The van der Waals surface area contributed by atoms with Gasteiger partial charge in [0.1, 0.15) is 23.9 Å². The zero-order valence-corrected chi connectivity index (χ0v) is 21.6. The molecular weight excluding hydrogens is 478 g/mol. The van der Waals surface area contributed by atoms with Crippen LogP contribution in [0.4, 0.5) is 0 Å². The van der Waals surface area contributed by atoms with Crippen LogP contribution in [0.5, 0.6) is 5.75 Å². The zero-order chi connectivity index (χ0) is 26.3. The standard InChI is InChI=1S/C30H33N5O3/c1-38-25-15-9-12-23(20-25)29(30(37)31-24-13-5-6-14-24)34(19-18-22-10-3-2-4-11-22)28(36)21-35-27-17-8-7-16-26(27)32-33-35/h2-4,7-12,15-17,20,24,29H,5-6,13-14,18-19,21H2,1H3,(H,31,37). The van der Waals surface area contributed by atoms with Crippen molar-refractivity contribution in [1.82, 2.24) is 25.2 Å². The smallest absolute Gasteiger partial charge is 0.247 e. The Labute approximate surface area is 222 Å². The highest BCUT2D eigenvalue weighted by molar-refractivity contribution is 5.89. The lowest BCUT2D eigenvalue weighted by molar-refractivity contribution is -0.141. The van der Waals surface area contributed by atoms with E-state index in [1.165, 1.54) is 0 Å². The van der Waals surface area contributed by atoms with Crippen LogP contribution in [0, 0.1) is 0 Å². The van der Waals surface area contributed by atoms with E-state index in [1.807, 2.05) is 78.9 Å². The first-order valence-corrected chi connectivity index (χ1v) is 13.2. The summed E-state index contributed by atoms with van der Waals surface area (Å²) in [5, 5.41) is 11.7. The van der Waals surface area contributed by atoms with Crippen molar-refractivity contribution in [3.05, 3.63) is 90.0 Å². The monoisotopic (exact) mass is 511 g/mol. The van der Waals surface area contributed by atoms with Gasteiger partial charge in [0, 0.05) is 12.6 Å². The maximum atomic E-state index is 14.0. The average molecular weight is 512 g/mol. The summed E-state index contributed by atoms with van der Waals surface area (Å²) in [6.07, 6.45) is 4.73. The number of hydrogen-bond acceptors (Lipinski definition) is 5. The highest BCUT2D eigenvalue weighted by atomic mass is 16.5. The molecule has 1 unspecified atom stereocenters. The molecule has 1 aliphatic rings. The Kier molecular flexibility index (Phi) is 7.97. The van der Waals surface area contributed by atoms with Crippen molar-refractivity contribution < 1.29 is 14.3 Å². The number of ether oxygens (including phenoxy) is 1. The van der Waals surface area contributed by atoms with Gasteiger partial charge < -0.3 is 15.0 Å². The molecule has 2 amide bonds. The Hall–Kier alpha value is -4.20. The topological polar surface area (TPSA) is 89.4 Å². The van der Waals surface area contributed by atoms with E-state index in [9.17, 15) is 9.59 Å². The van der Waals surface area contributed by atoms with Gasteiger partial charge in [-0.05, 0) is 54.7 Å². The summed E-state index contributed by atoms with van der Waals surface area (Å²) in [7, 11) is 1.60. The van der Waals surface area contributed by atoms with Gasteiger partial charge >= 0.3 is 0 Å². The van der Waals surface area contributed by atoms with E-state index in [0.29, 0.717) is 24.3 Å². The largest absolute Gasteiger partial charge is 0.497 e. The van der Waals surface area contributed by atoms with E-state index in [1.54, 1.807) is 16.7 Å². The van der Waals surface area contributed by atoms with Crippen LogP contribution in [0.15, 0.2) is 78.9 Å². The molecule has 1 saturated carbocycles. The Balaban J connectivity index is 1.50. The SMILES string of the molecule is COc1cccc(C(C(=O)NC2CCCC2)N(CCc2ccccc2)C(=O)Cn2nnc3ccccc32)c1. The summed E-state index contributed by atoms with van der Waals surface area (Å²) in [5.41, 5.74) is 3.30. The molecule has 3 aromatic carbocycles. The first-order chi connectivity index (χ1) is 18.6. The normalized spacial score (nSPS) is 14.3. The van der Waals surface area contributed by atoms with Crippen LogP contribution in [-0.2, 0) is 22.6 Å². The third-order valence-corrected chi connectivity index (χ3v) is 7.18. The summed E-state index contributed by atoms with van der Waals surface area (Å²) in [6.45, 7) is 0.349. The molecular formula is C30H33N5O3. The summed E-state index contributed by atoms with van der Waals surface area (Å²) >= 11 is 0. The predicted molar refractivity (Wildman–Crippen MR) is 146 cm³/mol. The molecule has 1 aromatic heterocycles. The number of para-hydroxylation sites is 1. The molecule has 0 aliphatic heterocycles. The number of methoxy groups -OCH3 is 1. The molecule has 1 atom stereocenters. The van der Waals surface area contributed by atoms with E-state index < -0.39 is 6.04 Å². The first kappa shape index (κ1) is 25.4. The third kappa shape index (κ3) is 5.85. The molecule has 1 heterocycles. The number of aromatic nitrogens is 3. The second-order valence-corrected chi connectivity index (χ2v) is 9.73. The fraction of sp³-hybridized carbons (Fsp3) is 0.333. The highest BCUT2D eigenvalue weighted by Gasteiger charge is 2.33. The third-order valence-electron chi connectivity index (χ3n) is 7.18. The van der Waals surface area contributed by atoms with Crippen LogP contribution >= 0.6 is 0 Å². The van der Waals surface area contributed by atoms with Crippen molar-refractivity contribution in [3.8, 4) is 5.75 Å². The molecule has 1 aliphatic carbocycles. The summed E-state index contributed by atoms with van der Waals surface area (Å²) in [6, 6.07) is 24.3. The summed E-state index contributed by atoms with van der Waals surface area (Å²) < 4.78 is 7.07. The number of amides is 2. The lowest BCUT2D eigenvalue weighted by atomic mass is 10.0. The number of hydrogen-bond donors (Lipinski definition) is 1. The predicted octanol–water partition coefficient (Wildman–Crippen LogP) is 4.31. The zero-order valence-electron chi connectivity index (χ0n) is 21.6. The molecule has 0 bridgehead atoms. The van der Waals surface area contributed by atoms with E-state index in [2.05, 4.69) is 15.6 Å². The van der Waals surface area contributed by atoms with E-state index >= 15 is 0 Å². The Morgan fingerprint density at radius 2 is 1.79 bits per heavy atom.